The second-order valence-corrected chi connectivity index (χ2v) is 9.91. The van der Waals surface area contributed by atoms with Gasteiger partial charge in [0.15, 0.2) is 11.5 Å². The number of anilines is 3. The van der Waals surface area contributed by atoms with Crippen LogP contribution in [-0.2, 0) is 10.2 Å². The molecule has 2 heterocycles. The summed E-state index contributed by atoms with van der Waals surface area (Å²) in [7, 11) is -3.95. The van der Waals surface area contributed by atoms with E-state index in [0.717, 1.165) is 29.9 Å². The first-order valence-corrected chi connectivity index (χ1v) is 12.4. The van der Waals surface area contributed by atoms with Crippen molar-refractivity contribution in [3.63, 3.8) is 0 Å². The maximum atomic E-state index is 13.1. The monoisotopic (exact) mass is 505 g/mol. The van der Waals surface area contributed by atoms with Gasteiger partial charge < -0.3 is 14.4 Å². The fourth-order valence-corrected chi connectivity index (χ4v) is 5.72. The Morgan fingerprint density at radius 2 is 1.51 bits per heavy atom. The van der Waals surface area contributed by atoms with Crippen LogP contribution in [0.3, 0.4) is 0 Å². The van der Waals surface area contributed by atoms with E-state index in [2.05, 4.69) is 14.4 Å². The quantitative estimate of drug-likeness (QED) is 0.485. The fraction of sp³-hybridized carbons (Fsp3) is 0.250. The van der Waals surface area contributed by atoms with Crippen LogP contribution in [0, 0.1) is 0 Å². The van der Waals surface area contributed by atoms with Crippen LogP contribution in [0.1, 0.15) is 12.8 Å². The number of alkyl halides is 3. The zero-order chi connectivity index (χ0) is 24.6. The van der Waals surface area contributed by atoms with Gasteiger partial charge in [0.1, 0.15) is 5.75 Å². The van der Waals surface area contributed by atoms with Gasteiger partial charge in [-0.2, -0.15) is 12.7 Å². The molecule has 2 aliphatic rings. The first kappa shape index (κ1) is 23.3. The molecule has 0 amide bonds. The van der Waals surface area contributed by atoms with E-state index < -0.39 is 22.3 Å². The third-order valence-electron chi connectivity index (χ3n) is 5.87. The third kappa shape index (κ3) is 5.01. The number of hydrogen-bond acceptors (Lipinski definition) is 5. The maximum absolute atomic E-state index is 13.1. The Morgan fingerprint density at radius 1 is 0.914 bits per heavy atom. The van der Waals surface area contributed by atoms with Crippen LogP contribution in [0.4, 0.5) is 30.2 Å². The lowest BCUT2D eigenvalue weighted by Gasteiger charge is -2.42. The van der Waals surface area contributed by atoms with Gasteiger partial charge in [-0.05, 0) is 61.4 Å². The highest BCUT2D eigenvalue weighted by atomic mass is 32.2. The number of nitrogens with one attached hydrogen (secondary N) is 1. The van der Waals surface area contributed by atoms with Crippen molar-refractivity contribution in [1.29, 1.82) is 0 Å². The molecular formula is C24H22F3N3O4S. The third-order valence-corrected chi connectivity index (χ3v) is 7.37. The van der Waals surface area contributed by atoms with Crippen LogP contribution in [0.5, 0.6) is 17.2 Å². The Bertz CT molecular complexity index is 1270. The topological polar surface area (TPSA) is 71.1 Å². The van der Waals surface area contributed by atoms with Crippen molar-refractivity contribution in [3.05, 3.63) is 72.8 Å². The van der Waals surface area contributed by atoms with E-state index in [-0.39, 0.29) is 18.3 Å². The van der Waals surface area contributed by atoms with E-state index in [4.69, 9.17) is 4.74 Å². The van der Waals surface area contributed by atoms with Crippen LogP contribution in [0.15, 0.2) is 72.8 Å². The molecule has 0 spiro atoms. The molecule has 0 aromatic heterocycles. The first-order chi connectivity index (χ1) is 16.7. The van der Waals surface area contributed by atoms with Crippen molar-refractivity contribution in [3.8, 4) is 17.2 Å². The molecule has 1 fully saturated rings. The van der Waals surface area contributed by atoms with Crippen LogP contribution in [-0.4, -0.2) is 38.2 Å². The van der Waals surface area contributed by atoms with Gasteiger partial charge in [-0.15, -0.1) is 13.2 Å². The lowest BCUT2D eigenvalue weighted by Crippen LogP contribution is -2.50. The summed E-state index contributed by atoms with van der Waals surface area (Å²) in [5, 5.41) is 0. The van der Waals surface area contributed by atoms with Gasteiger partial charge in [0.25, 0.3) is 0 Å². The molecule has 0 radical (unpaired) electrons. The molecule has 1 saturated heterocycles. The van der Waals surface area contributed by atoms with Crippen LogP contribution in [0.25, 0.3) is 0 Å². The number of rotatable bonds is 5. The molecule has 2 aliphatic heterocycles. The van der Waals surface area contributed by atoms with E-state index in [1.54, 1.807) is 0 Å². The minimum atomic E-state index is -4.82. The zero-order valence-corrected chi connectivity index (χ0v) is 19.2. The molecule has 1 N–H and O–H groups in total. The summed E-state index contributed by atoms with van der Waals surface area (Å²) >= 11 is 0. The largest absolute Gasteiger partial charge is 0.573 e. The van der Waals surface area contributed by atoms with Gasteiger partial charge in [0.05, 0.1) is 17.1 Å². The number of ether oxygens (including phenoxy) is 2. The Labute approximate surface area is 200 Å². The molecule has 35 heavy (non-hydrogen) atoms. The second kappa shape index (κ2) is 8.97. The summed E-state index contributed by atoms with van der Waals surface area (Å²) in [6.07, 6.45) is -3.40. The van der Waals surface area contributed by atoms with Gasteiger partial charge in [0, 0.05) is 19.1 Å². The predicted molar refractivity (Wildman–Crippen MR) is 125 cm³/mol. The van der Waals surface area contributed by atoms with Crippen molar-refractivity contribution < 1.29 is 31.1 Å². The minimum absolute atomic E-state index is 0.142. The van der Waals surface area contributed by atoms with Crippen molar-refractivity contribution in [2.24, 2.45) is 0 Å². The number of nitrogens with zero attached hydrogens (tertiary/aromatic N) is 2. The summed E-state index contributed by atoms with van der Waals surface area (Å²) in [6, 6.07) is 19.7. The number of piperidine rings is 1. The zero-order valence-electron chi connectivity index (χ0n) is 18.4. The van der Waals surface area contributed by atoms with Gasteiger partial charge in [0.2, 0.25) is 0 Å². The number of halogens is 3. The smallest absolute Gasteiger partial charge is 0.453 e. The molecule has 1 atom stereocenters. The first-order valence-electron chi connectivity index (χ1n) is 11.0. The highest BCUT2D eigenvalue weighted by Gasteiger charge is 2.36. The van der Waals surface area contributed by atoms with E-state index >= 15 is 0 Å². The normalized spacial score (nSPS) is 18.3. The Balaban J connectivity index is 1.36. The summed E-state index contributed by atoms with van der Waals surface area (Å²) in [4.78, 5) is 2.12. The predicted octanol–water partition coefficient (Wildman–Crippen LogP) is 5.65. The van der Waals surface area contributed by atoms with Crippen molar-refractivity contribution in [1.82, 2.24) is 4.31 Å². The molecule has 3 aromatic rings. The number of hydrogen-bond donors (Lipinski definition) is 1. The molecule has 0 unspecified atom stereocenters. The van der Waals surface area contributed by atoms with E-state index in [9.17, 15) is 21.6 Å². The SMILES string of the molecule is O=S(=O)(Nc1ccc(OC(F)(F)F)cc1)N1CCC[C@H](N2c3ccccc3Oc3ccccc32)C1. The van der Waals surface area contributed by atoms with Crippen LogP contribution < -0.4 is 19.1 Å². The van der Waals surface area contributed by atoms with Gasteiger partial charge in [-0.3, -0.25) is 4.72 Å². The molecule has 5 rings (SSSR count). The average Bonchev–Trinajstić information content (AvgIpc) is 2.83. The molecule has 0 aliphatic carbocycles. The van der Waals surface area contributed by atoms with Crippen molar-refractivity contribution in [2.75, 3.05) is 22.7 Å². The number of para-hydroxylation sites is 4. The average molecular weight is 506 g/mol. The number of fused-ring (bicyclic) bond motifs is 2. The molecule has 0 saturated carbocycles. The van der Waals surface area contributed by atoms with E-state index in [1.165, 1.54) is 16.4 Å². The minimum Gasteiger partial charge on any atom is -0.453 e. The molecule has 0 bridgehead atoms. The van der Waals surface area contributed by atoms with Gasteiger partial charge in [-0.1, -0.05) is 24.3 Å². The Hall–Kier alpha value is -3.44. The maximum Gasteiger partial charge on any atom is 0.573 e. The molecule has 7 nitrogen and oxygen atoms in total. The van der Waals surface area contributed by atoms with Gasteiger partial charge in [-0.25, -0.2) is 0 Å². The fourth-order valence-electron chi connectivity index (χ4n) is 4.41. The summed E-state index contributed by atoms with van der Waals surface area (Å²) in [5.74, 6) is 0.971. The summed E-state index contributed by atoms with van der Waals surface area (Å²) < 4.78 is 77.1. The van der Waals surface area contributed by atoms with Crippen molar-refractivity contribution >= 4 is 27.3 Å². The Kier molecular flexibility index (Phi) is 5.97. The van der Waals surface area contributed by atoms with Gasteiger partial charge >= 0.3 is 16.6 Å². The molecule has 3 aromatic carbocycles. The summed E-state index contributed by atoms with van der Waals surface area (Å²) in [5.41, 5.74) is 1.87. The lowest BCUT2D eigenvalue weighted by molar-refractivity contribution is -0.274. The molecular weight excluding hydrogens is 483 g/mol. The van der Waals surface area contributed by atoms with E-state index in [1.807, 2.05) is 48.5 Å². The Morgan fingerprint density at radius 3 is 2.11 bits per heavy atom. The number of benzene rings is 3. The lowest BCUT2D eigenvalue weighted by atomic mass is 10.0. The standard InChI is InChI=1S/C24H22F3N3O4S/c25-24(26,27)34-19-13-11-17(12-14-19)28-35(31,32)29-15-5-6-18(16-29)30-20-7-1-3-9-22(20)33-23-10-4-2-8-21(23)30/h1-4,7-14,18,28H,5-6,15-16H2/t18-/m0/s1. The van der Waals surface area contributed by atoms with Crippen LogP contribution >= 0.6 is 0 Å². The second-order valence-electron chi connectivity index (χ2n) is 8.24. The highest BCUT2D eigenvalue weighted by molar-refractivity contribution is 7.90. The summed E-state index contributed by atoms with van der Waals surface area (Å²) in [6.45, 7) is 0.558. The molecule has 184 valence electrons. The van der Waals surface area contributed by atoms with E-state index in [0.29, 0.717) is 24.5 Å². The van der Waals surface area contributed by atoms with Crippen LogP contribution in [0.2, 0.25) is 0 Å². The highest BCUT2D eigenvalue weighted by Crippen LogP contribution is 2.48. The van der Waals surface area contributed by atoms with Crippen molar-refractivity contribution in [2.45, 2.75) is 25.2 Å². The molecule has 11 heteroatoms.